The maximum absolute atomic E-state index is 5.27. The molecule has 2 N–H and O–H groups in total. The molecule has 0 spiro atoms. The molecule has 0 bridgehead atoms. The number of hydrogen-bond acceptors (Lipinski definition) is 3. The first kappa shape index (κ1) is 13.9. The van der Waals surface area contributed by atoms with Crippen molar-refractivity contribution in [3.8, 4) is 0 Å². The van der Waals surface area contributed by atoms with E-state index >= 15 is 0 Å². The van der Waals surface area contributed by atoms with E-state index in [1.165, 1.54) is 32.2 Å². The molecule has 3 nitrogen and oxygen atoms in total. The molecule has 1 saturated carbocycles. The Bertz CT molecular complexity index is 169. The molecule has 0 aromatic rings. The number of methoxy groups -OCH3 is 1. The van der Waals surface area contributed by atoms with Crippen molar-refractivity contribution in [2.24, 2.45) is 5.92 Å². The van der Waals surface area contributed by atoms with Crippen molar-refractivity contribution in [1.82, 2.24) is 10.6 Å². The van der Waals surface area contributed by atoms with Crippen LogP contribution in [0.15, 0.2) is 0 Å². The van der Waals surface area contributed by atoms with Gasteiger partial charge < -0.3 is 15.4 Å². The molecular formula is C13H28N2O. The molecule has 1 rings (SSSR count). The summed E-state index contributed by atoms with van der Waals surface area (Å²) in [4.78, 5) is 0. The second-order valence-electron chi connectivity index (χ2n) is 5.25. The highest BCUT2D eigenvalue weighted by Gasteiger charge is 2.19. The van der Waals surface area contributed by atoms with Crippen LogP contribution in [0.25, 0.3) is 0 Å². The lowest BCUT2D eigenvalue weighted by Crippen LogP contribution is -2.31. The lowest BCUT2D eigenvalue weighted by molar-refractivity contribution is 0.144. The van der Waals surface area contributed by atoms with Gasteiger partial charge in [0.05, 0.1) is 6.61 Å². The van der Waals surface area contributed by atoms with Crippen LogP contribution in [-0.2, 0) is 4.74 Å². The Morgan fingerprint density at radius 1 is 1.31 bits per heavy atom. The average molecular weight is 228 g/mol. The zero-order valence-corrected chi connectivity index (χ0v) is 11.1. The number of nitrogens with one attached hydrogen (secondary N) is 2. The lowest BCUT2D eigenvalue weighted by Gasteiger charge is -2.18. The predicted molar refractivity (Wildman–Crippen MR) is 68.8 cm³/mol. The predicted octanol–water partition coefficient (Wildman–Crippen LogP) is 1.78. The normalized spacial score (nSPS) is 18.0. The molecule has 0 aliphatic heterocycles. The lowest BCUT2D eigenvalue weighted by atomic mass is 10.0. The fourth-order valence-corrected chi connectivity index (χ4v) is 1.87. The van der Waals surface area contributed by atoms with E-state index < -0.39 is 0 Å². The molecule has 1 fully saturated rings. The second-order valence-corrected chi connectivity index (χ2v) is 5.25. The van der Waals surface area contributed by atoms with E-state index in [1.807, 2.05) is 0 Å². The van der Waals surface area contributed by atoms with Crippen LogP contribution in [0.4, 0.5) is 0 Å². The minimum atomic E-state index is 0.573. The van der Waals surface area contributed by atoms with Crippen molar-refractivity contribution >= 4 is 0 Å². The molecule has 96 valence electrons. The van der Waals surface area contributed by atoms with Crippen molar-refractivity contribution in [2.75, 3.05) is 26.8 Å². The Morgan fingerprint density at radius 2 is 2.06 bits per heavy atom. The van der Waals surface area contributed by atoms with E-state index in [2.05, 4.69) is 24.5 Å². The quantitative estimate of drug-likeness (QED) is 0.559. The fraction of sp³-hybridized carbons (Fsp3) is 1.00. The summed E-state index contributed by atoms with van der Waals surface area (Å²) in [7, 11) is 1.80. The number of ether oxygens (including phenoxy) is 1. The Kier molecular flexibility index (Phi) is 7.01. The van der Waals surface area contributed by atoms with Gasteiger partial charge in [-0.25, -0.2) is 0 Å². The average Bonchev–Trinajstić information content (AvgIpc) is 3.04. The zero-order chi connectivity index (χ0) is 11.8. The van der Waals surface area contributed by atoms with E-state index in [0.29, 0.717) is 12.0 Å². The van der Waals surface area contributed by atoms with Gasteiger partial charge in [-0.15, -0.1) is 0 Å². The summed E-state index contributed by atoms with van der Waals surface area (Å²) >= 11 is 0. The molecule has 0 aromatic carbocycles. The van der Waals surface area contributed by atoms with Crippen LogP contribution in [0, 0.1) is 5.92 Å². The van der Waals surface area contributed by atoms with Gasteiger partial charge in [-0.05, 0) is 38.1 Å². The number of hydrogen-bond donors (Lipinski definition) is 2. The van der Waals surface area contributed by atoms with E-state index in [1.54, 1.807) is 7.11 Å². The van der Waals surface area contributed by atoms with Crippen LogP contribution in [0.1, 0.15) is 39.5 Å². The molecule has 3 heteroatoms. The highest BCUT2D eigenvalue weighted by Crippen LogP contribution is 2.18. The summed E-state index contributed by atoms with van der Waals surface area (Å²) < 4.78 is 5.27. The molecule has 0 radical (unpaired) electrons. The van der Waals surface area contributed by atoms with Crippen LogP contribution in [0.3, 0.4) is 0 Å². The Hall–Kier alpha value is -0.120. The van der Waals surface area contributed by atoms with E-state index in [-0.39, 0.29) is 0 Å². The molecular weight excluding hydrogens is 200 g/mol. The van der Waals surface area contributed by atoms with Gasteiger partial charge >= 0.3 is 0 Å². The van der Waals surface area contributed by atoms with Gasteiger partial charge in [-0.3, -0.25) is 0 Å². The molecule has 1 atom stereocenters. The van der Waals surface area contributed by atoms with Crippen LogP contribution in [0.2, 0.25) is 0 Å². The van der Waals surface area contributed by atoms with Crippen LogP contribution in [-0.4, -0.2) is 38.9 Å². The Labute approximate surface area is 100 Å². The third-order valence-corrected chi connectivity index (χ3v) is 3.02. The first-order valence-electron chi connectivity index (χ1n) is 6.68. The second kappa shape index (κ2) is 8.04. The highest BCUT2D eigenvalue weighted by molar-refractivity contribution is 4.80. The highest BCUT2D eigenvalue weighted by atomic mass is 16.5. The maximum atomic E-state index is 5.27. The first-order valence-corrected chi connectivity index (χ1v) is 6.68. The van der Waals surface area contributed by atoms with Crippen molar-refractivity contribution in [2.45, 2.75) is 51.6 Å². The minimum Gasteiger partial charge on any atom is -0.384 e. The van der Waals surface area contributed by atoms with Crippen molar-refractivity contribution < 1.29 is 4.74 Å². The zero-order valence-electron chi connectivity index (χ0n) is 11.1. The Balaban J connectivity index is 2.00. The van der Waals surface area contributed by atoms with E-state index in [9.17, 15) is 0 Å². The van der Waals surface area contributed by atoms with Crippen LogP contribution < -0.4 is 10.6 Å². The fourth-order valence-electron chi connectivity index (χ4n) is 1.87. The van der Waals surface area contributed by atoms with E-state index in [4.69, 9.17) is 4.74 Å². The SMILES string of the molecule is COCC(CCCNC1CC1)CNC(C)C. The van der Waals surface area contributed by atoms with Gasteiger partial charge in [0.15, 0.2) is 0 Å². The molecule has 1 aliphatic rings. The largest absolute Gasteiger partial charge is 0.384 e. The molecule has 0 amide bonds. The summed E-state index contributed by atoms with van der Waals surface area (Å²) in [5.74, 6) is 0.661. The van der Waals surface area contributed by atoms with Gasteiger partial charge in [0, 0.05) is 25.7 Å². The molecule has 1 aliphatic carbocycles. The van der Waals surface area contributed by atoms with Crippen molar-refractivity contribution in [3.05, 3.63) is 0 Å². The standard InChI is InChI=1S/C13H28N2O/c1-11(2)15-9-12(10-16-3)5-4-8-14-13-6-7-13/h11-15H,4-10H2,1-3H3. The van der Waals surface area contributed by atoms with Gasteiger partial charge in [-0.2, -0.15) is 0 Å². The third-order valence-electron chi connectivity index (χ3n) is 3.02. The minimum absolute atomic E-state index is 0.573. The van der Waals surface area contributed by atoms with Gasteiger partial charge in [0.2, 0.25) is 0 Å². The summed E-state index contributed by atoms with van der Waals surface area (Å²) in [6.07, 6.45) is 5.30. The van der Waals surface area contributed by atoms with Crippen molar-refractivity contribution in [1.29, 1.82) is 0 Å². The monoisotopic (exact) mass is 228 g/mol. The van der Waals surface area contributed by atoms with Gasteiger partial charge in [0.25, 0.3) is 0 Å². The molecule has 0 saturated heterocycles. The molecule has 1 unspecified atom stereocenters. The van der Waals surface area contributed by atoms with Crippen LogP contribution >= 0.6 is 0 Å². The first-order chi connectivity index (χ1) is 7.72. The summed E-state index contributed by atoms with van der Waals surface area (Å²) in [5.41, 5.74) is 0. The smallest absolute Gasteiger partial charge is 0.0502 e. The molecule has 0 heterocycles. The van der Waals surface area contributed by atoms with E-state index in [0.717, 1.165) is 19.2 Å². The van der Waals surface area contributed by atoms with Gasteiger partial charge in [0.1, 0.15) is 0 Å². The summed E-state index contributed by atoms with van der Waals surface area (Å²) in [6.45, 7) is 7.52. The molecule has 16 heavy (non-hydrogen) atoms. The third kappa shape index (κ3) is 7.20. The van der Waals surface area contributed by atoms with Gasteiger partial charge in [-0.1, -0.05) is 13.8 Å². The Morgan fingerprint density at radius 3 is 2.62 bits per heavy atom. The molecule has 0 aromatic heterocycles. The topological polar surface area (TPSA) is 33.3 Å². The van der Waals surface area contributed by atoms with Crippen LogP contribution in [0.5, 0.6) is 0 Å². The maximum Gasteiger partial charge on any atom is 0.0502 e. The summed E-state index contributed by atoms with van der Waals surface area (Å²) in [5, 5.41) is 7.05. The summed E-state index contributed by atoms with van der Waals surface area (Å²) in [6, 6.07) is 1.42. The van der Waals surface area contributed by atoms with Crippen molar-refractivity contribution in [3.63, 3.8) is 0 Å². The number of rotatable bonds is 10.